The molecule has 2 aromatic carbocycles. The standard InChI is InChI=1S/C20H24ClN3O/c1-22(2)19-9-4-3-8-18(19)20(25)24-12-10-23(11-13-24)15-16-6-5-7-17(21)14-16/h3-9,14H,10-13,15H2,1-2H3. The van der Waals surface area contributed by atoms with Gasteiger partial charge in [-0.2, -0.15) is 0 Å². The van der Waals surface area contributed by atoms with Gasteiger partial charge in [-0.3, -0.25) is 9.69 Å². The fourth-order valence-corrected chi connectivity index (χ4v) is 3.43. The molecule has 1 fully saturated rings. The number of piperazine rings is 1. The van der Waals surface area contributed by atoms with Gasteiger partial charge in [-0.1, -0.05) is 35.9 Å². The molecule has 132 valence electrons. The van der Waals surface area contributed by atoms with E-state index in [0.29, 0.717) is 0 Å². The number of para-hydroxylation sites is 1. The van der Waals surface area contributed by atoms with Crippen molar-refractivity contribution in [3.63, 3.8) is 0 Å². The predicted molar refractivity (Wildman–Crippen MR) is 103 cm³/mol. The summed E-state index contributed by atoms with van der Waals surface area (Å²) in [6, 6.07) is 15.8. The van der Waals surface area contributed by atoms with Gasteiger partial charge in [0.1, 0.15) is 0 Å². The molecule has 2 aromatic rings. The van der Waals surface area contributed by atoms with Crippen molar-refractivity contribution < 1.29 is 4.79 Å². The number of carbonyl (C=O) groups excluding carboxylic acids is 1. The van der Waals surface area contributed by atoms with Crippen molar-refractivity contribution in [2.24, 2.45) is 0 Å². The molecule has 0 radical (unpaired) electrons. The van der Waals surface area contributed by atoms with Crippen LogP contribution in [0, 0.1) is 0 Å². The molecule has 25 heavy (non-hydrogen) atoms. The van der Waals surface area contributed by atoms with Gasteiger partial charge >= 0.3 is 0 Å². The molecule has 1 heterocycles. The molecule has 4 nitrogen and oxygen atoms in total. The van der Waals surface area contributed by atoms with E-state index in [9.17, 15) is 4.79 Å². The highest BCUT2D eigenvalue weighted by atomic mass is 35.5. The zero-order valence-electron chi connectivity index (χ0n) is 14.8. The third kappa shape index (κ3) is 4.33. The number of carbonyl (C=O) groups is 1. The molecule has 5 heteroatoms. The quantitative estimate of drug-likeness (QED) is 0.839. The largest absolute Gasteiger partial charge is 0.377 e. The fourth-order valence-electron chi connectivity index (χ4n) is 3.22. The van der Waals surface area contributed by atoms with E-state index in [0.717, 1.165) is 49.0 Å². The number of hydrogen-bond acceptors (Lipinski definition) is 3. The Labute approximate surface area is 154 Å². The van der Waals surface area contributed by atoms with E-state index < -0.39 is 0 Å². The Morgan fingerprint density at radius 2 is 1.76 bits per heavy atom. The van der Waals surface area contributed by atoms with Crippen molar-refractivity contribution in [3.8, 4) is 0 Å². The molecular formula is C20H24ClN3O. The highest BCUT2D eigenvalue weighted by Gasteiger charge is 2.24. The van der Waals surface area contributed by atoms with Crippen LogP contribution in [0.4, 0.5) is 5.69 Å². The van der Waals surface area contributed by atoms with Crippen LogP contribution in [0.3, 0.4) is 0 Å². The van der Waals surface area contributed by atoms with Crippen molar-refractivity contribution in [1.82, 2.24) is 9.80 Å². The highest BCUT2D eigenvalue weighted by Crippen LogP contribution is 2.21. The van der Waals surface area contributed by atoms with E-state index in [1.54, 1.807) is 0 Å². The van der Waals surface area contributed by atoms with E-state index in [1.807, 2.05) is 66.4 Å². The summed E-state index contributed by atoms with van der Waals surface area (Å²) in [5.41, 5.74) is 2.95. The summed E-state index contributed by atoms with van der Waals surface area (Å²) < 4.78 is 0. The summed E-state index contributed by atoms with van der Waals surface area (Å²) >= 11 is 6.06. The van der Waals surface area contributed by atoms with Crippen LogP contribution in [-0.4, -0.2) is 56.0 Å². The normalized spacial score (nSPS) is 15.2. The first-order valence-corrected chi connectivity index (χ1v) is 8.95. The molecule has 0 spiro atoms. The van der Waals surface area contributed by atoms with Crippen molar-refractivity contribution in [3.05, 3.63) is 64.7 Å². The van der Waals surface area contributed by atoms with Crippen molar-refractivity contribution >= 4 is 23.2 Å². The lowest BCUT2D eigenvalue weighted by atomic mass is 10.1. The Balaban J connectivity index is 1.61. The number of halogens is 1. The molecular weight excluding hydrogens is 334 g/mol. The minimum absolute atomic E-state index is 0.117. The van der Waals surface area contributed by atoms with Crippen LogP contribution in [0.5, 0.6) is 0 Å². The topological polar surface area (TPSA) is 26.8 Å². The fraction of sp³-hybridized carbons (Fsp3) is 0.350. The average Bonchev–Trinajstić information content (AvgIpc) is 2.62. The molecule has 1 saturated heterocycles. The smallest absolute Gasteiger partial charge is 0.256 e. The number of rotatable bonds is 4. The molecule has 0 saturated carbocycles. The second kappa shape index (κ2) is 7.89. The Kier molecular flexibility index (Phi) is 5.61. The molecule has 0 aromatic heterocycles. The number of nitrogens with zero attached hydrogens (tertiary/aromatic N) is 3. The van der Waals surface area contributed by atoms with Crippen molar-refractivity contribution in [2.75, 3.05) is 45.2 Å². The lowest BCUT2D eigenvalue weighted by Gasteiger charge is -2.35. The van der Waals surface area contributed by atoms with Crippen molar-refractivity contribution in [2.45, 2.75) is 6.54 Å². The van der Waals surface area contributed by atoms with Gasteiger partial charge < -0.3 is 9.80 Å². The zero-order valence-corrected chi connectivity index (χ0v) is 15.5. The van der Waals surface area contributed by atoms with Gasteiger partial charge in [0.2, 0.25) is 0 Å². The summed E-state index contributed by atoms with van der Waals surface area (Å²) in [5, 5.41) is 0.770. The lowest BCUT2D eigenvalue weighted by Crippen LogP contribution is -2.48. The number of amides is 1. The first-order chi connectivity index (χ1) is 12.0. The molecule has 0 N–H and O–H groups in total. The Bertz CT molecular complexity index is 739. The van der Waals surface area contributed by atoms with Gasteiger partial charge in [-0.15, -0.1) is 0 Å². The molecule has 1 aliphatic rings. The number of anilines is 1. The van der Waals surface area contributed by atoms with Gasteiger partial charge in [-0.05, 0) is 29.8 Å². The maximum Gasteiger partial charge on any atom is 0.256 e. The second-order valence-electron chi connectivity index (χ2n) is 6.61. The van der Waals surface area contributed by atoms with Gasteiger partial charge in [-0.25, -0.2) is 0 Å². The van der Waals surface area contributed by atoms with E-state index >= 15 is 0 Å². The minimum atomic E-state index is 0.117. The third-order valence-corrected chi connectivity index (χ3v) is 4.81. The van der Waals surface area contributed by atoms with Gasteiger partial charge in [0, 0.05) is 57.5 Å². The zero-order chi connectivity index (χ0) is 17.8. The highest BCUT2D eigenvalue weighted by molar-refractivity contribution is 6.30. The van der Waals surface area contributed by atoms with E-state index in [2.05, 4.69) is 11.0 Å². The van der Waals surface area contributed by atoms with E-state index in [4.69, 9.17) is 11.6 Å². The number of benzene rings is 2. The molecule has 0 bridgehead atoms. The Morgan fingerprint density at radius 3 is 2.44 bits per heavy atom. The maximum atomic E-state index is 12.9. The van der Waals surface area contributed by atoms with E-state index in [1.165, 1.54) is 5.56 Å². The third-order valence-electron chi connectivity index (χ3n) is 4.57. The molecule has 3 rings (SSSR count). The average molecular weight is 358 g/mol. The maximum absolute atomic E-state index is 12.9. The summed E-state index contributed by atoms with van der Waals surface area (Å²) in [5.74, 6) is 0.117. The first kappa shape index (κ1) is 17.8. The van der Waals surface area contributed by atoms with Crippen LogP contribution >= 0.6 is 11.6 Å². The van der Waals surface area contributed by atoms with Crippen LogP contribution in [-0.2, 0) is 6.54 Å². The molecule has 0 atom stereocenters. The van der Waals surface area contributed by atoms with Crippen LogP contribution in [0.15, 0.2) is 48.5 Å². The summed E-state index contributed by atoms with van der Waals surface area (Å²) in [6.45, 7) is 4.13. The second-order valence-corrected chi connectivity index (χ2v) is 7.05. The van der Waals surface area contributed by atoms with Gasteiger partial charge in [0.15, 0.2) is 0 Å². The summed E-state index contributed by atoms with van der Waals surface area (Å²) in [4.78, 5) is 19.2. The van der Waals surface area contributed by atoms with Crippen LogP contribution < -0.4 is 4.90 Å². The summed E-state index contributed by atoms with van der Waals surface area (Å²) in [7, 11) is 3.93. The molecule has 0 aliphatic carbocycles. The van der Waals surface area contributed by atoms with Crippen LogP contribution in [0.2, 0.25) is 5.02 Å². The monoisotopic (exact) mass is 357 g/mol. The Morgan fingerprint density at radius 1 is 1.04 bits per heavy atom. The van der Waals surface area contributed by atoms with Gasteiger partial charge in [0.05, 0.1) is 5.56 Å². The SMILES string of the molecule is CN(C)c1ccccc1C(=O)N1CCN(Cc2cccc(Cl)c2)CC1. The Hall–Kier alpha value is -2.04. The number of hydrogen-bond donors (Lipinski definition) is 0. The van der Waals surface area contributed by atoms with Gasteiger partial charge in [0.25, 0.3) is 5.91 Å². The first-order valence-electron chi connectivity index (χ1n) is 8.57. The van der Waals surface area contributed by atoms with Crippen LogP contribution in [0.1, 0.15) is 15.9 Å². The summed E-state index contributed by atoms with van der Waals surface area (Å²) in [6.07, 6.45) is 0. The minimum Gasteiger partial charge on any atom is -0.377 e. The molecule has 0 unspecified atom stereocenters. The van der Waals surface area contributed by atoms with E-state index in [-0.39, 0.29) is 5.91 Å². The van der Waals surface area contributed by atoms with Crippen molar-refractivity contribution in [1.29, 1.82) is 0 Å². The molecule has 1 aliphatic heterocycles. The van der Waals surface area contributed by atoms with Crippen LogP contribution in [0.25, 0.3) is 0 Å². The lowest BCUT2D eigenvalue weighted by molar-refractivity contribution is 0.0629. The predicted octanol–water partition coefficient (Wildman–Crippen LogP) is 3.36. The molecule has 1 amide bonds.